The minimum absolute atomic E-state index is 0.0267. The molecule has 0 bridgehead atoms. The Kier molecular flexibility index (Phi) is 5.37. The van der Waals surface area contributed by atoms with Crippen LogP contribution in [-0.2, 0) is 11.2 Å². The molecule has 0 atom stereocenters. The molecule has 7 heteroatoms. The minimum Gasteiger partial charge on any atom is -0.361 e. The Balaban J connectivity index is 1.37. The molecule has 4 aromatic rings. The van der Waals surface area contributed by atoms with Crippen LogP contribution in [0.25, 0.3) is 21.1 Å². The molecular formula is C21H22N4OS2. The summed E-state index contributed by atoms with van der Waals surface area (Å²) in [4.78, 5) is 27.0. The predicted molar refractivity (Wildman–Crippen MR) is 117 cm³/mol. The summed E-state index contributed by atoms with van der Waals surface area (Å²) in [6.07, 6.45) is 2.83. The molecule has 144 valence electrons. The van der Waals surface area contributed by atoms with Crippen molar-refractivity contribution in [1.82, 2.24) is 20.3 Å². The third-order valence-electron chi connectivity index (χ3n) is 4.84. The molecule has 2 N–H and O–H groups in total. The van der Waals surface area contributed by atoms with Crippen LogP contribution in [0, 0.1) is 20.8 Å². The first-order valence-electron chi connectivity index (χ1n) is 9.21. The topological polar surface area (TPSA) is 70.7 Å². The van der Waals surface area contributed by atoms with Crippen LogP contribution >= 0.6 is 23.1 Å². The number of nitrogens with one attached hydrogen (secondary N) is 2. The molecule has 0 aliphatic carbocycles. The van der Waals surface area contributed by atoms with Gasteiger partial charge in [0.1, 0.15) is 15.7 Å². The van der Waals surface area contributed by atoms with Crippen molar-refractivity contribution in [3.63, 3.8) is 0 Å². The van der Waals surface area contributed by atoms with Crippen molar-refractivity contribution in [1.29, 1.82) is 0 Å². The van der Waals surface area contributed by atoms with Gasteiger partial charge in [0.15, 0.2) is 0 Å². The summed E-state index contributed by atoms with van der Waals surface area (Å²) >= 11 is 3.17. The Bertz CT molecular complexity index is 1160. The molecule has 1 aromatic carbocycles. The van der Waals surface area contributed by atoms with Gasteiger partial charge in [-0.1, -0.05) is 30.0 Å². The van der Waals surface area contributed by atoms with Gasteiger partial charge in [0.25, 0.3) is 0 Å². The number of thioether (sulfide) groups is 1. The van der Waals surface area contributed by atoms with E-state index >= 15 is 0 Å². The van der Waals surface area contributed by atoms with E-state index in [1.54, 1.807) is 11.3 Å². The number of para-hydroxylation sites is 1. The van der Waals surface area contributed by atoms with E-state index in [0.717, 1.165) is 33.0 Å². The van der Waals surface area contributed by atoms with Crippen molar-refractivity contribution in [3.8, 4) is 0 Å². The Morgan fingerprint density at radius 1 is 1.21 bits per heavy atom. The molecule has 5 nitrogen and oxygen atoms in total. The van der Waals surface area contributed by atoms with Crippen molar-refractivity contribution in [2.45, 2.75) is 32.2 Å². The molecule has 0 aliphatic heterocycles. The summed E-state index contributed by atoms with van der Waals surface area (Å²) in [6, 6.07) is 8.22. The van der Waals surface area contributed by atoms with Gasteiger partial charge >= 0.3 is 0 Å². The average molecular weight is 411 g/mol. The van der Waals surface area contributed by atoms with E-state index < -0.39 is 0 Å². The molecule has 0 fully saturated rings. The van der Waals surface area contributed by atoms with Gasteiger partial charge in [-0.2, -0.15) is 0 Å². The van der Waals surface area contributed by atoms with Crippen LogP contribution in [0.1, 0.15) is 21.8 Å². The minimum atomic E-state index is 0.0267. The fourth-order valence-corrected chi connectivity index (χ4v) is 5.38. The molecular weight excluding hydrogens is 388 g/mol. The van der Waals surface area contributed by atoms with Crippen molar-refractivity contribution in [2.75, 3.05) is 12.3 Å². The van der Waals surface area contributed by atoms with Crippen LogP contribution in [-0.4, -0.2) is 33.2 Å². The Morgan fingerprint density at radius 3 is 2.89 bits per heavy atom. The second-order valence-corrected chi connectivity index (χ2v) is 8.95. The van der Waals surface area contributed by atoms with Gasteiger partial charge in [0.05, 0.1) is 5.75 Å². The van der Waals surface area contributed by atoms with Crippen LogP contribution in [0.5, 0.6) is 0 Å². The maximum atomic E-state index is 12.3. The third kappa shape index (κ3) is 3.77. The molecule has 4 rings (SSSR count). The number of carbonyl (C=O) groups excluding carboxylic acids is 1. The lowest BCUT2D eigenvalue weighted by Gasteiger charge is -2.07. The lowest BCUT2D eigenvalue weighted by Crippen LogP contribution is -2.27. The lowest BCUT2D eigenvalue weighted by atomic mass is 10.1. The predicted octanol–water partition coefficient (Wildman–Crippen LogP) is 4.55. The highest BCUT2D eigenvalue weighted by atomic mass is 32.2. The highest BCUT2D eigenvalue weighted by Crippen LogP contribution is 2.34. The van der Waals surface area contributed by atoms with Crippen molar-refractivity contribution < 1.29 is 4.79 Å². The van der Waals surface area contributed by atoms with Crippen LogP contribution in [0.15, 0.2) is 35.5 Å². The first kappa shape index (κ1) is 19.0. The third-order valence-corrected chi connectivity index (χ3v) is 6.92. The monoisotopic (exact) mass is 410 g/mol. The van der Waals surface area contributed by atoms with E-state index in [1.165, 1.54) is 33.2 Å². The number of benzene rings is 1. The van der Waals surface area contributed by atoms with Crippen molar-refractivity contribution >= 4 is 50.1 Å². The SMILES string of the molecule is Cc1nc(SCC(=O)NCCc2c[nH]c3ccccc23)c2c(C)c(C)sc2n1. The number of H-pyrrole nitrogens is 1. The summed E-state index contributed by atoms with van der Waals surface area (Å²) in [7, 11) is 0. The average Bonchev–Trinajstić information content (AvgIpc) is 3.21. The zero-order valence-electron chi connectivity index (χ0n) is 16.1. The fourth-order valence-electron chi connectivity index (χ4n) is 3.28. The van der Waals surface area contributed by atoms with Gasteiger partial charge in [0.2, 0.25) is 5.91 Å². The highest BCUT2D eigenvalue weighted by Gasteiger charge is 2.15. The molecule has 0 radical (unpaired) electrons. The smallest absolute Gasteiger partial charge is 0.230 e. The number of aryl methyl sites for hydroxylation is 3. The van der Waals surface area contributed by atoms with Gasteiger partial charge in [-0.15, -0.1) is 11.3 Å². The zero-order valence-corrected chi connectivity index (χ0v) is 17.8. The normalized spacial score (nSPS) is 11.4. The fraction of sp³-hybridized carbons (Fsp3) is 0.286. The molecule has 1 amide bonds. The number of hydrogen-bond acceptors (Lipinski definition) is 5. The van der Waals surface area contributed by atoms with E-state index in [0.29, 0.717) is 12.3 Å². The molecule has 0 saturated heterocycles. The van der Waals surface area contributed by atoms with Gasteiger partial charge in [-0.3, -0.25) is 4.79 Å². The summed E-state index contributed by atoms with van der Waals surface area (Å²) in [5.74, 6) is 1.13. The molecule has 0 saturated carbocycles. The number of rotatable bonds is 6. The molecule has 0 spiro atoms. The Labute approximate surface area is 172 Å². The second kappa shape index (κ2) is 7.93. The van der Waals surface area contributed by atoms with Gasteiger partial charge in [-0.25, -0.2) is 9.97 Å². The lowest BCUT2D eigenvalue weighted by molar-refractivity contribution is -0.118. The number of aromatic nitrogens is 3. The Hall–Kier alpha value is -2.38. The molecule has 3 heterocycles. The van der Waals surface area contributed by atoms with Gasteiger partial charge in [-0.05, 0) is 44.4 Å². The summed E-state index contributed by atoms with van der Waals surface area (Å²) in [6.45, 7) is 6.71. The summed E-state index contributed by atoms with van der Waals surface area (Å²) in [5.41, 5.74) is 3.56. The van der Waals surface area contributed by atoms with Crippen LogP contribution in [0.4, 0.5) is 0 Å². The molecule has 0 unspecified atom stereocenters. The summed E-state index contributed by atoms with van der Waals surface area (Å²) in [5, 5.41) is 6.23. The summed E-state index contributed by atoms with van der Waals surface area (Å²) < 4.78 is 0. The standard InChI is InChI=1S/C21H22N4OS2/c1-12-13(2)28-21-19(12)20(24-14(3)25-21)27-11-18(26)22-9-8-15-10-23-17-7-5-4-6-16(15)17/h4-7,10,23H,8-9,11H2,1-3H3,(H,22,26). The first-order chi connectivity index (χ1) is 13.5. The van der Waals surface area contributed by atoms with E-state index in [2.05, 4.69) is 46.2 Å². The van der Waals surface area contributed by atoms with Crippen LogP contribution in [0.3, 0.4) is 0 Å². The second-order valence-electron chi connectivity index (χ2n) is 6.79. The quantitative estimate of drug-likeness (QED) is 0.361. The maximum absolute atomic E-state index is 12.3. The highest BCUT2D eigenvalue weighted by molar-refractivity contribution is 8.00. The first-order valence-corrected chi connectivity index (χ1v) is 11.0. The van der Waals surface area contributed by atoms with E-state index in [4.69, 9.17) is 0 Å². The molecule has 28 heavy (non-hydrogen) atoms. The number of nitrogens with zero attached hydrogens (tertiary/aromatic N) is 2. The molecule has 0 aliphatic rings. The number of amides is 1. The van der Waals surface area contributed by atoms with E-state index in [1.807, 2.05) is 25.3 Å². The molecule has 3 aromatic heterocycles. The number of carbonyl (C=O) groups is 1. The largest absolute Gasteiger partial charge is 0.361 e. The van der Waals surface area contributed by atoms with Crippen LogP contribution < -0.4 is 5.32 Å². The number of thiophene rings is 1. The van der Waals surface area contributed by atoms with Gasteiger partial charge < -0.3 is 10.3 Å². The maximum Gasteiger partial charge on any atom is 0.230 e. The van der Waals surface area contributed by atoms with Crippen molar-refractivity contribution in [2.24, 2.45) is 0 Å². The van der Waals surface area contributed by atoms with Crippen LogP contribution in [0.2, 0.25) is 0 Å². The zero-order chi connectivity index (χ0) is 19.7. The Morgan fingerprint density at radius 2 is 2.04 bits per heavy atom. The number of hydrogen-bond donors (Lipinski definition) is 2. The number of aromatic amines is 1. The van der Waals surface area contributed by atoms with E-state index in [-0.39, 0.29) is 5.91 Å². The van der Waals surface area contributed by atoms with E-state index in [9.17, 15) is 4.79 Å². The van der Waals surface area contributed by atoms with Crippen molar-refractivity contribution in [3.05, 3.63) is 52.3 Å². The van der Waals surface area contributed by atoms with Gasteiger partial charge in [0, 0.05) is 33.9 Å². The number of fused-ring (bicyclic) bond motifs is 2.